The van der Waals surface area contributed by atoms with Crippen LogP contribution in [0.1, 0.15) is 50.3 Å². The summed E-state index contributed by atoms with van der Waals surface area (Å²) in [7, 11) is 0. The Hall–Kier alpha value is -1.35. The summed E-state index contributed by atoms with van der Waals surface area (Å²) in [6.07, 6.45) is 2.07. The van der Waals surface area contributed by atoms with E-state index < -0.39 is 0 Å². The van der Waals surface area contributed by atoms with E-state index in [1.54, 1.807) is 0 Å². The summed E-state index contributed by atoms with van der Waals surface area (Å²) in [5.74, 6) is 0.715. The second-order valence-electron chi connectivity index (χ2n) is 6.28. The molecular formula is C19H34N2O. The molecule has 1 aromatic rings. The zero-order valence-corrected chi connectivity index (χ0v) is 15.3. The van der Waals surface area contributed by atoms with Gasteiger partial charge in [-0.05, 0) is 56.2 Å². The first kappa shape index (κ1) is 20.6. The van der Waals surface area contributed by atoms with Crippen molar-refractivity contribution in [1.29, 1.82) is 0 Å². The minimum absolute atomic E-state index is 0.0718. The number of rotatable bonds is 6. The van der Waals surface area contributed by atoms with Crippen molar-refractivity contribution in [3.63, 3.8) is 0 Å². The molecule has 0 saturated carbocycles. The van der Waals surface area contributed by atoms with E-state index in [0.717, 1.165) is 25.9 Å². The van der Waals surface area contributed by atoms with Crippen LogP contribution in [0.3, 0.4) is 0 Å². The molecule has 126 valence electrons. The molecule has 0 fully saturated rings. The lowest BCUT2D eigenvalue weighted by Crippen LogP contribution is -2.37. The molecule has 1 rings (SSSR count). The van der Waals surface area contributed by atoms with Crippen LogP contribution in [-0.2, 0) is 4.79 Å². The summed E-state index contributed by atoms with van der Waals surface area (Å²) in [6.45, 7) is 14.7. The van der Waals surface area contributed by atoms with Gasteiger partial charge in [0, 0.05) is 13.1 Å². The summed E-state index contributed by atoms with van der Waals surface area (Å²) in [5, 5.41) is 0. The number of nitrogens with two attached hydrogens (primary N) is 1. The van der Waals surface area contributed by atoms with Crippen molar-refractivity contribution in [3.05, 3.63) is 34.9 Å². The highest BCUT2D eigenvalue weighted by Crippen LogP contribution is 2.10. The molecule has 22 heavy (non-hydrogen) atoms. The van der Waals surface area contributed by atoms with E-state index >= 15 is 0 Å². The number of hydrogen-bond donors (Lipinski definition) is 1. The summed E-state index contributed by atoms with van der Waals surface area (Å²) < 4.78 is 0. The van der Waals surface area contributed by atoms with Crippen LogP contribution in [0.4, 0.5) is 0 Å². The minimum Gasteiger partial charge on any atom is -0.342 e. The van der Waals surface area contributed by atoms with Gasteiger partial charge >= 0.3 is 0 Å². The standard InChI is InChI=1S/C10H22N2O.C9H12/c1-4-6-12(10(13)8-11)7-5-9(2)3;1-7-5-4-6-8(2)9(7)3/h9H,4-8,11H2,1-3H3;4-6H,1-3H3. The SMILES string of the molecule is CCCN(CCC(C)C)C(=O)CN.Cc1cccc(C)c1C. The van der Waals surface area contributed by atoms with Crippen LogP contribution in [0.25, 0.3) is 0 Å². The molecule has 0 atom stereocenters. The van der Waals surface area contributed by atoms with Gasteiger partial charge in [0.1, 0.15) is 0 Å². The van der Waals surface area contributed by atoms with Crippen LogP contribution in [0.2, 0.25) is 0 Å². The van der Waals surface area contributed by atoms with E-state index in [-0.39, 0.29) is 12.5 Å². The summed E-state index contributed by atoms with van der Waals surface area (Å²) in [6, 6.07) is 6.38. The minimum atomic E-state index is 0.0718. The van der Waals surface area contributed by atoms with Gasteiger partial charge in [-0.3, -0.25) is 4.79 Å². The van der Waals surface area contributed by atoms with Crippen molar-refractivity contribution in [3.8, 4) is 0 Å². The number of carbonyl (C=O) groups is 1. The van der Waals surface area contributed by atoms with Gasteiger partial charge < -0.3 is 10.6 Å². The summed E-state index contributed by atoms with van der Waals surface area (Å²) >= 11 is 0. The second kappa shape index (κ2) is 11.2. The normalized spacial score (nSPS) is 10.2. The predicted molar refractivity (Wildman–Crippen MR) is 96.0 cm³/mol. The van der Waals surface area contributed by atoms with Crippen molar-refractivity contribution in [2.75, 3.05) is 19.6 Å². The van der Waals surface area contributed by atoms with Gasteiger partial charge in [-0.2, -0.15) is 0 Å². The van der Waals surface area contributed by atoms with Gasteiger partial charge in [0.25, 0.3) is 0 Å². The van der Waals surface area contributed by atoms with E-state index in [2.05, 4.69) is 59.7 Å². The zero-order chi connectivity index (χ0) is 17.1. The smallest absolute Gasteiger partial charge is 0.236 e. The monoisotopic (exact) mass is 306 g/mol. The van der Waals surface area contributed by atoms with E-state index in [1.807, 2.05) is 4.90 Å². The topological polar surface area (TPSA) is 46.3 Å². The fourth-order valence-electron chi connectivity index (χ4n) is 2.07. The van der Waals surface area contributed by atoms with Crippen molar-refractivity contribution in [2.45, 2.75) is 54.4 Å². The Bertz CT molecular complexity index is 421. The third-order valence-electron chi connectivity index (χ3n) is 3.87. The maximum Gasteiger partial charge on any atom is 0.236 e. The lowest BCUT2D eigenvalue weighted by Gasteiger charge is -2.22. The third kappa shape index (κ3) is 8.18. The molecule has 0 heterocycles. The first-order valence-electron chi connectivity index (χ1n) is 8.34. The molecule has 2 N–H and O–H groups in total. The van der Waals surface area contributed by atoms with Gasteiger partial charge in [0.2, 0.25) is 5.91 Å². The third-order valence-corrected chi connectivity index (χ3v) is 3.87. The largest absolute Gasteiger partial charge is 0.342 e. The molecule has 0 aromatic heterocycles. The summed E-state index contributed by atoms with van der Waals surface area (Å²) in [5.41, 5.74) is 9.50. The Morgan fingerprint density at radius 2 is 1.68 bits per heavy atom. The Morgan fingerprint density at radius 3 is 2.05 bits per heavy atom. The molecule has 0 unspecified atom stereocenters. The number of benzene rings is 1. The van der Waals surface area contributed by atoms with Crippen LogP contribution in [0, 0.1) is 26.7 Å². The van der Waals surface area contributed by atoms with Gasteiger partial charge in [-0.25, -0.2) is 0 Å². The number of aryl methyl sites for hydroxylation is 2. The van der Waals surface area contributed by atoms with Crippen molar-refractivity contribution < 1.29 is 4.79 Å². The molecular weight excluding hydrogens is 272 g/mol. The van der Waals surface area contributed by atoms with Crippen molar-refractivity contribution in [1.82, 2.24) is 4.90 Å². The molecule has 0 aliphatic carbocycles. The predicted octanol–water partition coefficient (Wildman–Crippen LogP) is 3.84. The average molecular weight is 306 g/mol. The highest BCUT2D eigenvalue weighted by molar-refractivity contribution is 5.77. The Balaban J connectivity index is 0.000000425. The number of carbonyl (C=O) groups excluding carboxylic acids is 1. The van der Waals surface area contributed by atoms with Crippen LogP contribution in [0.5, 0.6) is 0 Å². The van der Waals surface area contributed by atoms with Gasteiger partial charge in [-0.15, -0.1) is 0 Å². The highest BCUT2D eigenvalue weighted by Gasteiger charge is 2.10. The van der Waals surface area contributed by atoms with E-state index in [0.29, 0.717) is 5.92 Å². The summed E-state index contributed by atoms with van der Waals surface area (Å²) in [4.78, 5) is 13.2. The van der Waals surface area contributed by atoms with Crippen LogP contribution in [-0.4, -0.2) is 30.4 Å². The van der Waals surface area contributed by atoms with Gasteiger partial charge in [0.05, 0.1) is 6.54 Å². The molecule has 0 radical (unpaired) electrons. The molecule has 0 spiro atoms. The second-order valence-corrected chi connectivity index (χ2v) is 6.28. The molecule has 3 nitrogen and oxygen atoms in total. The molecule has 0 aliphatic heterocycles. The number of hydrogen-bond acceptors (Lipinski definition) is 2. The Kier molecular flexibility index (Phi) is 10.6. The van der Waals surface area contributed by atoms with E-state index in [4.69, 9.17) is 5.73 Å². The van der Waals surface area contributed by atoms with Crippen molar-refractivity contribution >= 4 is 5.91 Å². The quantitative estimate of drug-likeness (QED) is 0.868. The fraction of sp³-hybridized carbons (Fsp3) is 0.632. The molecule has 0 saturated heterocycles. The lowest BCUT2D eigenvalue weighted by atomic mass is 10.1. The maximum absolute atomic E-state index is 11.3. The van der Waals surface area contributed by atoms with Crippen LogP contribution in [0.15, 0.2) is 18.2 Å². The molecule has 0 aliphatic rings. The molecule has 3 heteroatoms. The Morgan fingerprint density at radius 1 is 1.14 bits per heavy atom. The molecule has 1 aromatic carbocycles. The van der Waals surface area contributed by atoms with Crippen molar-refractivity contribution in [2.24, 2.45) is 11.7 Å². The number of amides is 1. The van der Waals surface area contributed by atoms with Gasteiger partial charge in [0.15, 0.2) is 0 Å². The molecule has 0 bridgehead atoms. The fourth-order valence-corrected chi connectivity index (χ4v) is 2.07. The van der Waals surface area contributed by atoms with Crippen LogP contribution < -0.4 is 5.73 Å². The lowest BCUT2D eigenvalue weighted by molar-refractivity contribution is -0.129. The average Bonchev–Trinajstić information content (AvgIpc) is 2.48. The Labute approximate surface area is 136 Å². The van der Waals surface area contributed by atoms with E-state index in [1.165, 1.54) is 16.7 Å². The number of nitrogens with zero attached hydrogens (tertiary/aromatic N) is 1. The highest BCUT2D eigenvalue weighted by atomic mass is 16.2. The first-order chi connectivity index (χ1) is 10.3. The maximum atomic E-state index is 11.3. The first-order valence-corrected chi connectivity index (χ1v) is 8.34. The van der Waals surface area contributed by atoms with Crippen LogP contribution >= 0.6 is 0 Å². The van der Waals surface area contributed by atoms with E-state index in [9.17, 15) is 4.79 Å². The zero-order valence-electron chi connectivity index (χ0n) is 15.3. The molecule has 1 amide bonds. The van der Waals surface area contributed by atoms with Gasteiger partial charge in [-0.1, -0.05) is 39.0 Å².